The largest absolute Gasteiger partial charge is 0.373 e. The molecular formula is C22H29N5O4. The molecule has 1 aromatic heterocycles. The van der Waals surface area contributed by atoms with Crippen molar-refractivity contribution in [3.05, 3.63) is 52.3 Å². The van der Waals surface area contributed by atoms with Crippen molar-refractivity contribution in [3.8, 4) is 5.69 Å². The van der Waals surface area contributed by atoms with Gasteiger partial charge in [-0.2, -0.15) is 5.10 Å². The fourth-order valence-electron chi connectivity index (χ4n) is 4.60. The number of amides is 1. The predicted octanol–water partition coefficient (Wildman–Crippen LogP) is 2.74. The van der Waals surface area contributed by atoms with Gasteiger partial charge in [0.2, 0.25) is 0 Å². The number of carbonyl (C=O) groups excluding carboxylic acids is 1. The van der Waals surface area contributed by atoms with Gasteiger partial charge in [0, 0.05) is 51.1 Å². The second-order valence-corrected chi connectivity index (χ2v) is 8.66. The summed E-state index contributed by atoms with van der Waals surface area (Å²) in [5, 5.41) is 15.1. The summed E-state index contributed by atoms with van der Waals surface area (Å²) >= 11 is 0. The molecule has 1 amide bonds. The van der Waals surface area contributed by atoms with Gasteiger partial charge in [-0.25, -0.2) is 4.68 Å². The van der Waals surface area contributed by atoms with Gasteiger partial charge in [0.25, 0.3) is 11.6 Å². The number of hydrogen-bond donors (Lipinski definition) is 0. The molecule has 2 fully saturated rings. The zero-order valence-corrected chi connectivity index (χ0v) is 18.0. The normalized spacial score (nSPS) is 23.1. The zero-order valence-electron chi connectivity index (χ0n) is 18.0. The minimum absolute atomic E-state index is 0.0137. The van der Waals surface area contributed by atoms with E-state index in [0.717, 1.165) is 45.6 Å². The number of nitrogens with zero attached hydrogens (tertiary/aromatic N) is 5. The molecule has 0 N–H and O–H groups in total. The average Bonchev–Trinajstić information content (AvgIpc) is 3.23. The van der Waals surface area contributed by atoms with Gasteiger partial charge >= 0.3 is 0 Å². The third kappa shape index (κ3) is 5.11. The van der Waals surface area contributed by atoms with Crippen LogP contribution < -0.4 is 0 Å². The monoisotopic (exact) mass is 427 g/mol. The van der Waals surface area contributed by atoms with Crippen molar-refractivity contribution in [1.82, 2.24) is 19.6 Å². The molecule has 0 radical (unpaired) electrons. The molecule has 2 saturated heterocycles. The Morgan fingerprint density at radius 1 is 1.16 bits per heavy atom. The average molecular weight is 428 g/mol. The fourth-order valence-corrected chi connectivity index (χ4v) is 4.60. The molecular weight excluding hydrogens is 398 g/mol. The number of non-ortho nitro benzene ring substituents is 1. The first-order chi connectivity index (χ1) is 14.9. The summed E-state index contributed by atoms with van der Waals surface area (Å²) < 4.78 is 7.39. The number of benzene rings is 1. The molecule has 31 heavy (non-hydrogen) atoms. The summed E-state index contributed by atoms with van der Waals surface area (Å²) in [5.41, 5.74) is 1.24. The summed E-state index contributed by atoms with van der Waals surface area (Å²) in [6, 6.07) is 6.11. The van der Waals surface area contributed by atoms with E-state index in [2.05, 4.69) is 23.8 Å². The molecule has 0 saturated carbocycles. The second kappa shape index (κ2) is 9.15. The smallest absolute Gasteiger partial charge is 0.269 e. The lowest BCUT2D eigenvalue weighted by molar-refractivity contribution is -0.384. The van der Waals surface area contributed by atoms with E-state index < -0.39 is 4.92 Å². The first-order valence-corrected chi connectivity index (χ1v) is 10.9. The van der Waals surface area contributed by atoms with Gasteiger partial charge in [0.1, 0.15) is 0 Å². The molecule has 9 heteroatoms. The molecule has 3 heterocycles. The van der Waals surface area contributed by atoms with Crippen LogP contribution in [0.1, 0.15) is 37.0 Å². The zero-order chi connectivity index (χ0) is 22.0. The lowest BCUT2D eigenvalue weighted by Crippen LogP contribution is -2.48. The van der Waals surface area contributed by atoms with Gasteiger partial charge in [-0.05, 0) is 44.7 Å². The standard InChI is InChI=1S/C22H29N5O4/c1-16-12-24(13-17(2)31-16)14-18-7-9-25(10-8-18)22(28)19-11-23-26(15-19)20-3-5-21(6-4-20)27(29)30/h3-6,11,15-18H,7-10,12-14H2,1-2H3. The summed E-state index contributed by atoms with van der Waals surface area (Å²) in [6.45, 7) is 8.78. The Balaban J connectivity index is 1.31. The van der Waals surface area contributed by atoms with E-state index in [1.807, 2.05) is 4.90 Å². The number of likely N-dealkylation sites (tertiary alicyclic amines) is 1. The van der Waals surface area contributed by atoms with Crippen LogP contribution in [-0.2, 0) is 4.74 Å². The summed E-state index contributed by atoms with van der Waals surface area (Å²) in [7, 11) is 0. The second-order valence-electron chi connectivity index (χ2n) is 8.66. The number of ether oxygens (including phenoxy) is 1. The molecule has 2 atom stereocenters. The van der Waals surface area contributed by atoms with Crippen LogP contribution in [0.4, 0.5) is 5.69 Å². The molecule has 2 aromatic rings. The number of morpholine rings is 1. The number of piperidine rings is 1. The summed E-state index contributed by atoms with van der Waals surface area (Å²) in [5.74, 6) is 0.588. The number of hydrogen-bond acceptors (Lipinski definition) is 6. The summed E-state index contributed by atoms with van der Waals surface area (Å²) in [4.78, 5) is 27.7. The maximum atomic E-state index is 12.9. The molecule has 0 aliphatic carbocycles. The molecule has 4 rings (SSSR count). The van der Waals surface area contributed by atoms with Gasteiger partial charge < -0.3 is 9.64 Å². The number of rotatable bonds is 5. The third-order valence-corrected chi connectivity index (χ3v) is 6.07. The van der Waals surface area contributed by atoms with Crippen LogP contribution in [0.2, 0.25) is 0 Å². The maximum Gasteiger partial charge on any atom is 0.269 e. The van der Waals surface area contributed by atoms with Crippen molar-refractivity contribution < 1.29 is 14.5 Å². The minimum Gasteiger partial charge on any atom is -0.373 e. The highest BCUT2D eigenvalue weighted by Crippen LogP contribution is 2.22. The van der Waals surface area contributed by atoms with Crippen LogP contribution in [0.15, 0.2) is 36.7 Å². The Labute approximate surface area is 181 Å². The Morgan fingerprint density at radius 2 is 1.81 bits per heavy atom. The number of carbonyl (C=O) groups is 1. The van der Waals surface area contributed by atoms with Gasteiger partial charge in [-0.3, -0.25) is 19.8 Å². The maximum absolute atomic E-state index is 12.9. The Hall–Kier alpha value is -2.78. The van der Waals surface area contributed by atoms with Crippen LogP contribution in [0.25, 0.3) is 5.69 Å². The first-order valence-electron chi connectivity index (χ1n) is 10.9. The van der Waals surface area contributed by atoms with E-state index in [1.165, 1.54) is 12.1 Å². The number of nitro groups is 1. The van der Waals surface area contributed by atoms with Gasteiger partial charge in [0.05, 0.1) is 34.6 Å². The quantitative estimate of drug-likeness (QED) is 0.538. The first kappa shape index (κ1) is 21.5. The molecule has 0 bridgehead atoms. The fraction of sp³-hybridized carbons (Fsp3) is 0.545. The SMILES string of the molecule is CC1CN(CC2CCN(C(=O)c3cnn(-c4ccc([N+](=O)[O-])cc4)c3)CC2)CC(C)O1. The lowest BCUT2D eigenvalue weighted by Gasteiger charge is -2.39. The van der Waals surface area contributed by atoms with E-state index in [1.54, 1.807) is 29.2 Å². The van der Waals surface area contributed by atoms with Crippen molar-refractivity contribution in [2.24, 2.45) is 5.92 Å². The highest BCUT2D eigenvalue weighted by Gasteiger charge is 2.28. The topological polar surface area (TPSA) is 93.7 Å². The van der Waals surface area contributed by atoms with Gasteiger partial charge in [-0.1, -0.05) is 0 Å². The van der Waals surface area contributed by atoms with Crippen LogP contribution in [0.3, 0.4) is 0 Å². The Morgan fingerprint density at radius 3 is 2.42 bits per heavy atom. The van der Waals surface area contributed by atoms with Crippen molar-refractivity contribution in [3.63, 3.8) is 0 Å². The van der Waals surface area contributed by atoms with E-state index in [-0.39, 0.29) is 23.8 Å². The number of nitro benzene ring substituents is 1. The predicted molar refractivity (Wildman–Crippen MR) is 115 cm³/mol. The van der Waals surface area contributed by atoms with Crippen molar-refractivity contribution >= 4 is 11.6 Å². The Kier molecular flexibility index (Phi) is 6.33. The molecule has 2 aliphatic rings. The van der Waals surface area contributed by atoms with E-state index >= 15 is 0 Å². The minimum atomic E-state index is -0.439. The molecule has 1 aromatic carbocycles. The van der Waals surface area contributed by atoms with Crippen LogP contribution in [0.5, 0.6) is 0 Å². The highest BCUT2D eigenvalue weighted by atomic mass is 16.6. The van der Waals surface area contributed by atoms with Crippen molar-refractivity contribution in [2.45, 2.75) is 38.9 Å². The van der Waals surface area contributed by atoms with E-state index in [0.29, 0.717) is 17.2 Å². The molecule has 2 unspecified atom stereocenters. The van der Waals surface area contributed by atoms with Crippen molar-refractivity contribution in [1.29, 1.82) is 0 Å². The van der Waals surface area contributed by atoms with Crippen LogP contribution in [-0.4, -0.2) is 75.3 Å². The van der Waals surface area contributed by atoms with Gasteiger partial charge in [-0.15, -0.1) is 0 Å². The van der Waals surface area contributed by atoms with E-state index in [9.17, 15) is 14.9 Å². The highest BCUT2D eigenvalue weighted by molar-refractivity contribution is 5.93. The number of aromatic nitrogens is 2. The summed E-state index contributed by atoms with van der Waals surface area (Å²) in [6.07, 6.45) is 5.80. The van der Waals surface area contributed by atoms with Crippen molar-refractivity contribution in [2.75, 3.05) is 32.7 Å². The Bertz CT molecular complexity index is 910. The van der Waals surface area contributed by atoms with Crippen LogP contribution >= 0.6 is 0 Å². The van der Waals surface area contributed by atoms with E-state index in [4.69, 9.17) is 4.74 Å². The molecule has 2 aliphatic heterocycles. The van der Waals surface area contributed by atoms with Gasteiger partial charge in [0.15, 0.2) is 0 Å². The molecule has 166 valence electrons. The molecule has 9 nitrogen and oxygen atoms in total. The van der Waals surface area contributed by atoms with Crippen LogP contribution in [0, 0.1) is 16.0 Å². The third-order valence-electron chi connectivity index (χ3n) is 6.07. The lowest BCUT2D eigenvalue weighted by atomic mass is 9.95. The molecule has 0 spiro atoms.